The summed E-state index contributed by atoms with van der Waals surface area (Å²) < 4.78 is 0. The van der Waals surface area contributed by atoms with Gasteiger partial charge in [0, 0.05) is 12.1 Å². The summed E-state index contributed by atoms with van der Waals surface area (Å²) in [7, 11) is 0. The van der Waals surface area contributed by atoms with Crippen molar-refractivity contribution < 1.29 is 0 Å². The van der Waals surface area contributed by atoms with E-state index in [0.29, 0.717) is 17.5 Å². The minimum Gasteiger partial charge on any atom is -0.326 e. The van der Waals surface area contributed by atoms with Gasteiger partial charge in [-0.3, -0.25) is 0 Å². The van der Waals surface area contributed by atoms with Crippen LogP contribution in [-0.2, 0) is 0 Å². The van der Waals surface area contributed by atoms with E-state index in [0.717, 1.165) is 6.54 Å². The topological polar surface area (TPSA) is 38.0 Å². The van der Waals surface area contributed by atoms with Crippen molar-refractivity contribution in [3.63, 3.8) is 0 Å². The highest BCUT2D eigenvalue weighted by Gasteiger charge is 2.21. The molecule has 0 radical (unpaired) electrons. The molecule has 0 bridgehead atoms. The van der Waals surface area contributed by atoms with E-state index in [4.69, 9.17) is 5.73 Å². The fourth-order valence-electron chi connectivity index (χ4n) is 2.05. The molecule has 84 valence electrons. The summed E-state index contributed by atoms with van der Waals surface area (Å²) >= 11 is 0. The highest BCUT2D eigenvalue weighted by molar-refractivity contribution is 4.83. The van der Waals surface area contributed by atoms with Gasteiger partial charge in [0.15, 0.2) is 0 Å². The maximum atomic E-state index is 6.07. The van der Waals surface area contributed by atoms with Gasteiger partial charge in [0.25, 0.3) is 0 Å². The molecule has 0 amide bonds. The first-order valence-electron chi connectivity index (χ1n) is 5.98. The lowest BCUT2D eigenvalue weighted by atomic mass is 9.89. The molecule has 1 rings (SSSR count). The van der Waals surface area contributed by atoms with Crippen molar-refractivity contribution in [2.75, 3.05) is 6.54 Å². The minimum absolute atomic E-state index is 0.392. The highest BCUT2D eigenvalue weighted by Crippen LogP contribution is 2.19. The molecule has 1 fully saturated rings. The van der Waals surface area contributed by atoms with E-state index in [-0.39, 0.29) is 0 Å². The fraction of sp³-hybridized carbons (Fsp3) is 1.00. The molecule has 2 atom stereocenters. The monoisotopic (exact) mass is 198 g/mol. The zero-order valence-electron chi connectivity index (χ0n) is 9.97. The quantitative estimate of drug-likeness (QED) is 0.730. The van der Waals surface area contributed by atoms with Crippen molar-refractivity contribution in [2.45, 2.75) is 65.0 Å². The Morgan fingerprint density at radius 1 is 1.21 bits per heavy atom. The van der Waals surface area contributed by atoms with Crippen LogP contribution in [0, 0.1) is 5.41 Å². The summed E-state index contributed by atoms with van der Waals surface area (Å²) in [6.45, 7) is 7.97. The molecule has 14 heavy (non-hydrogen) atoms. The summed E-state index contributed by atoms with van der Waals surface area (Å²) in [4.78, 5) is 0. The van der Waals surface area contributed by atoms with Crippen LogP contribution >= 0.6 is 0 Å². The Labute approximate surface area is 88.6 Å². The van der Waals surface area contributed by atoms with E-state index in [9.17, 15) is 0 Å². The van der Waals surface area contributed by atoms with Gasteiger partial charge in [-0.1, -0.05) is 33.6 Å². The van der Waals surface area contributed by atoms with Crippen LogP contribution in [0.25, 0.3) is 0 Å². The van der Waals surface area contributed by atoms with Crippen molar-refractivity contribution in [2.24, 2.45) is 11.1 Å². The number of nitrogens with one attached hydrogen (secondary N) is 1. The molecule has 0 saturated heterocycles. The van der Waals surface area contributed by atoms with Crippen LogP contribution in [-0.4, -0.2) is 18.6 Å². The third kappa shape index (κ3) is 4.43. The van der Waals surface area contributed by atoms with Gasteiger partial charge in [0.1, 0.15) is 0 Å². The molecule has 2 heteroatoms. The molecule has 0 heterocycles. The Kier molecular flexibility index (Phi) is 4.39. The van der Waals surface area contributed by atoms with Gasteiger partial charge in [0.2, 0.25) is 0 Å². The smallest absolute Gasteiger partial charge is 0.0219 e. The molecule has 1 aliphatic carbocycles. The Bertz CT molecular complexity index is 160. The molecular formula is C12H26N2. The average Bonchev–Trinajstić information content (AvgIpc) is 2.06. The molecule has 2 nitrogen and oxygen atoms in total. The van der Waals surface area contributed by atoms with Crippen molar-refractivity contribution in [1.82, 2.24) is 5.32 Å². The van der Waals surface area contributed by atoms with Gasteiger partial charge in [-0.15, -0.1) is 0 Å². The average molecular weight is 198 g/mol. The summed E-state index contributed by atoms with van der Waals surface area (Å²) in [6, 6.07) is 0.967. The molecule has 0 spiro atoms. The second kappa shape index (κ2) is 5.13. The summed E-state index contributed by atoms with van der Waals surface area (Å²) in [5, 5.41) is 3.60. The minimum atomic E-state index is 0.392. The molecule has 0 aromatic rings. The van der Waals surface area contributed by atoms with E-state index < -0.39 is 0 Å². The third-order valence-corrected chi connectivity index (χ3v) is 3.10. The summed E-state index contributed by atoms with van der Waals surface area (Å²) in [5.41, 5.74) is 6.50. The number of hydrogen-bond donors (Lipinski definition) is 2. The first-order valence-corrected chi connectivity index (χ1v) is 5.98. The second-order valence-electron chi connectivity index (χ2n) is 5.82. The van der Waals surface area contributed by atoms with Gasteiger partial charge in [0.05, 0.1) is 0 Å². The van der Waals surface area contributed by atoms with Gasteiger partial charge in [-0.2, -0.15) is 0 Å². The maximum Gasteiger partial charge on any atom is 0.0219 e. The van der Waals surface area contributed by atoms with Crippen LogP contribution in [0.2, 0.25) is 0 Å². The molecule has 0 aromatic carbocycles. The molecule has 1 saturated carbocycles. The Hall–Kier alpha value is -0.0800. The Morgan fingerprint density at radius 3 is 2.43 bits per heavy atom. The number of hydrogen-bond acceptors (Lipinski definition) is 2. The van der Waals surface area contributed by atoms with E-state index >= 15 is 0 Å². The van der Waals surface area contributed by atoms with Crippen LogP contribution in [0.1, 0.15) is 52.9 Å². The van der Waals surface area contributed by atoms with E-state index in [1.165, 1.54) is 32.1 Å². The Balaban J connectivity index is 2.17. The first kappa shape index (κ1) is 12.0. The molecule has 2 unspecified atom stereocenters. The Morgan fingerprint density at radius 2 is 1.86 bits per heavy atom. The number of nitrogens with two attached hydrogens (primary N) is 1. The highest BCUT2D eigenvalue weighted by atomic mass is 15.0. The van der Waals surface area contributed by atoms with Crippen LogP contribution < -0.4 is 11.1 Å². The summed E-state index contributed by atoms with van der Waals surface area (Å²) in [6.07, 6.45) is 6.37. The predicted octanol–water partition coefficient (Wildman–Crippen LogP) is 2.28. The molecule has 0 aromatic heterocycles. The van der Waals surface area contributed by atoms with Crippen molar-refractivity contribution in [1.29, 1.82) is 0 Å². The molecule has 3 N–H and O–H groups in total. The van der Waals surface area contributed by atoms with Gasteiger partial charge < -0.3 is 11.1 Å². The van der Waals surface area contributed by atoms with Gasteiger partial charge >= 0.3 is 0 Å². The number of rotatable bonds is 3. The predicted molar refractivity (Wildman–Crippen MR) is 62.3 cm³/mol. The fourth-order valence-corrected chi connectivity index (χ4v) is 2.05. The van der Waals surface area contributed by atoms with Crippen molar-refractivity contribution in [3.8, 4) is 0 Å². The molecule has 1 aliphatic rings. The SMILES string of the molecule is CC(C)(C)CCNC1CCCCC1N. The van der Waals surface area contributed by atoms with Gasteiger partial charge in [-0.25, -0.2) is 0 Å². The van der Waals surface area contributed by atoms with E-state index in [2.05, 4.69) is 26.1 Å². The van der Waals surface area contributed by atoms with Crippen molar-refractivity contribution in [3.05, 3.63) is 0 Å². The largest absolute Gasteiger partial charge is 0.326 e. The zero-order chi connectivity index (χ0) is 10.6. The lowest BCUT2D eigenvalue weighted by Gasteiger charge is -2.30. The van der Waals surface area contributed by atoms with Crippen LogP contribution in [0.5, 0.6) is 0 Å². The third-order valence-electron chi connectivity index (χ3n) is 3.10. The standard InChI is InChI=1S/C12H26N2/c1-12(2,3)8-9-14-11-7-5-4-6-10(11)13/h10-11,14H,4-9,13H2,1-3H3. The lowest BCUT2D eigenvalue weighted by molar-refractivity contribution is 0.299. The normalized spacial score (nSPS) is 29.1. The molecular weight excluding hydrogens is 172 g/mol. The first-order chi connectivity index (χ1) is 6.49. The second-order valence-corrected chi connectivity index (χ2v) is 5.82. The van der Waals surface area contributed by atoms with Crippen molar-refractivity contribution >= 4 is 0 Å². The summed E-state index contributed by atoms with van der Waals surface area (Å²) in [5.74, 6) is 0. The molecule has 0 aliphatic heterocycles. The van der Waals surface area contributed by atoms with Crippen LogP contribution in [0.4, 0.5) is 0 Å². The van der Waals surface area contributed by atoms with E-state index in [1.54, 1.807) is 0 Å². The lowest BCUT2D eigenvalue weighted by Crippen LogP contribution is -2.47. The van der Waals surface area contributed by atoms with E-state index in [1.807, 2.05) is 0 Å². The van der Waals surface area contributed by atoms with Crippen LogP contribution in [0.15, 0.2) is 0 Å². The zero-order valence-corrected chi connectivity index (χ0v) is 9.97. The van der Waals surface area contributed by atoms with Crippen LogP contribution in [0.3, 0.4) is 0 Å². The maximum absolute atomic E-state index is 6.07. The van der Waals surface area contributed by atoms with Gasteiger partial charge in [-0.05, 0) is 31.2 Å².